The highest BCUT2D eigenvalue weighted by Gasteiger charge is 2.13. The van der Waals surface area contributed by atoms with Crippen molar-refractivity contribution in [2.75, 3.05) is 0 Å². The van der Waals surface area contributed by atoms with Crippen LogP contribution in [0.5, 0.6) is 0 Å². The quantitative estimate of drug-likeness (QED) is 0.278. The lowest BCUT2D eigenvalue weighted by atomic mass is 9.91. The van der Waals surface area contributed by atoms with Crippen LogP contribution in [-0.2, 0) is 0 Å². The van der Waals surface area contributed by atoms with Crippen molar-refractivity contribution in [3.05, 3.63) is 91.1 Å². The van der Waals surface area contributed by atoms with E-state index in [1.54, 1.807) is 0 Å². The van der Waals surface area contributed by atoms with Crippen LogP contribution in [0.1, 0.15) is 0 Å². The van der Waals surface area contributed by atoms with Crippen molar-refractivity contribution in [1.29, 1.82) is 0 Å². The fourth-order valence-electron chi connectivity index (χ4n) is 4.34. The molecule has 0 saturated heterocycles. The van der Waals surface area contributed by atoms with Gasteiger partial charge in [-0.1, -0.05) is 78.9 Å². The minimum Gasteiger partial charge on any atom is -0.256 e. The summed E-state index contributed by atoms with van der Waals surface area (Å²) in [4.78, 5) is 4.79. The Morgan fingerprint density at radius 1 is 0.423 bits per heavy atom. The van der Waals surface area contributed by atoms with E-state index < -0.39 is 0 Å². The number of hydrogen-bond acceptors (Lipinski definition) is 1. The van der Waals surface area contributed by atoms with E-state index >= 15 is 0 Å². The molecule has 0 aliphatic heterocycles. The molecule has 0 amide bonds. The molecule has 0 fully saturated rings. The minimum absolute atomic E-state index is 1.09. The Bertz CT molecular complexity index is 1410. The van der Waals surface area contributed by atoms with Gasteiger partial charge >= 0.3 is 0 Å². The monoisotopic (exact) mass is 329 g/mol. The number of rotatable bonds is 0. The molecule has 1 aromatic heterocycles. The third-order valence-electron chi connectivity index (χ3n) is 5.46. The highest BCUT2D eigenvalue weighted by atomic mass is 14.6. The lowest BCUT2D eigenvalue weighted by molar-refractivity contribution is 1.43. The molecule has 0 bridgehead atoms. The van der Waals surface area contributed by atoms with Crippen LogP contribution in [0.2, 0.25) is 0 Å². The van der Waals surface area contributed by atoms with Crippen LogP contribution in [0.15, 0.2) is 91.1 Å². The summed E-state index contributed by atoms with van der Waals surface area (Å²) >= 11 is 0. The average Bonchev–Trinajstić information content (AvgIpc) is 2.73. The highest BCUT2D eigenvalue weighted by Crippen LogP contribution is 2.40. The number of hydrogen-bond donors (Lipinski definition) is 0. The Kier molecular flexibility index (Phi) is 2.67. The summed E-state index contributed by atoms with van der Waals surface area (Å²) in [5, 5.41) is 11.4. The molecule has 0 atom stereocenters. The summed E-state index contributed by atoms with van der Waals surface area (Å²) in [6.07, 6.45) is 1.90. The van der Waals surface area contributed by atoms with Gasteiger partial charge in [0.05, 0.1) is 5.52 Å². The molecule has 6 rings (SSSR count). The second-order valence-electron chi connectivity index (χ2n) is 6.82. The van der Waals surface area contributed by atoms with E-state index in [1.807, 2.05) is 12.3 Å². The van der Waals surface area contributed by atoms with Gasteiger partial charge in [0, 0.05) is 17.0 Å². The Morgan fingerprint density at radius 3 is 1.81 bits per heavy atom. The molecule has 120 valence electrons. The van der Waals surface area contributed by atoms with E-state index in [0.29, 0.717) is 0 Å². The normalized spacial score (nSPS) is 11.8. The van der Waals surface area contributed by atoms with E-state index in [-0.39, 0.29) is 0 Å². The van der Waals surface area contributed by atoms with Gasteiger partial charge in [0.1, 0.15) is 0 Å². The molecule has 0 unspecified atom stereocenters. The lowest BCUT2D eigenvalue weighted by Gasteiger charge is -2.14. The fourth-order valence-corrected chi connectivity index (χ4v) is 4.34. The van der Waals surface area contributed by atoms with Crippen molar-refractivity contribution in [2.24, 2.45) is 0 Å². The summed E-state index contributed by atoms with van der Waals surface area (Å²) in [5.74, 6) is 0. The second-order valence-corrected chi connectivity index (χ2v) is 6.82. The van der Waals surface area contributed by atoms with Gasteiger partial charge in [-0.3, -0.25) is 4.98 Å². The molecule has 0 saturated carbocycles. The van der Waals surface area contributed by atoms with Gasteiger partial charge in [-0.25, -0.2) is 0 Å². The first-order valence-electron chi connectivity index (χ1n) is 8.91. The van der Waals surface area contributed by atoms with E-state index in [4.69, 9.17) is 4.98 Å². The number of fused-ring (bicyclic) bond motifs is 10. The predicted octanol–water partition coefficient (Wildman–Crippen LogP) is 6.85. The van der Waals surface area contributed by atoms with Gasteiger partial charge in [-0.2, -0.15) is 0 Å². The lowest BCUT2D eigenvalue weighted by Crippen LogP contribution is -1.88. The van der Waals surface area contributed by atoms with Crippen LogP contribution in [0, 0.1) is 0 Å². The molecule has 0 spiro atoms. The molecule has 26 heavy (non-hydrogen) atoms. The molecule has 0 radical (unpaired) electrons. The Hall–Kier alpha value is -3.45. The van der Waals surface area contributed by atoms with E-state index in [0.717, 1.165) is 5.52 Å². The average molecular weight is 329 g/mol. The maximum atomic E-state index is 4.79. The summed E-state index contributed by atoms with van der Waals surface area (Å²) in [6.45, 7) is 0. The Labute approximate surface area is 150 Å². The third kappa shape index (κ3) is 1.72. The van der Waals surface area contributed by atoms with Crippen LogP contribution >= 0.6 is 0 Å². The number of pyridine rings is 1. The molecule has 0 aliphatic carbocycles. The van der Waals surface area contributed by atoms with Gasteiger partial charge < -0.3 is 0 Å². The standard InChI is InChI=1S/C25H15N/c1-3-8-18-16(6-1)11-13-20-21-10-5-15-26-25(21)24-19-9-4-2-7-17(19)12-14-22(24)23(18)20/h1-15H. The van der Waals surface area contributed by atoms with E-state index in [2.05, 4.69) is 78.9 Å². The van der Waals surface area contributed by atoms with Crippen LogP contribution in [-0.4, -0.2) is 4.98 Å². The number of nitrogens with zero attached hydrogens (tertiary/aromatic N) is 1. The molecule has 1 heteroatoms. The van der Waals surface area contributed by atoms with Gasteiger partial charge in [0.2, 0.25) is 0 Å². The van der Waals surface area contributed by atoms with Crippen molar-refractivity contribution in [2.45, 2.75) is 0 Å². The van der Waals surface area contributed by atoms with Gasteiger partial charge in [-0.15, -0.1) is 0 Å². The topological polar surface area (TPSA) is 12.9 Å². The summed E-state index contributed by atoms with van der Waals surface area (Å²) in [7, 11) is 0. The smallest absolute Gasteiger partial charge is 0.0792 e. The first-order chi connectivity index (χ1) is 12.9. The highest BCUT2D eigenvalue weighted by molar-refractivity contribution is 6.34. The van der Waals surface area contributed by atoms with Crippen molar-refractivity contribution in [3.8, 4) is 0 Å². The fraction of sp³-hybridized carbons (Fsp3) is 0. The SMILES string of the molecule is c1ccc2c(c1)ccc1c3cccnc3c3c4ccccc4ccc3c21. The van der Waals surface area contributed by atoms with Crippen molar-refractivity contribution in [1.82, 2.24) is 4.98 Å². The molecular weight excluding hydrogens is 314 g/mol. The molecule has 1 nitrogen and oxygen atoms in total. The van der Waals surface area contributed by atoms with E-state index in [9.17, 15) is 0 Å². The van der Waals surface area contributed by atoms with Crippen LogP contribution < -0.4 is 0 Å². The van der Waals surface area contributed by atoms with Crippen molar-refractivity contribution >= 4 is 54.0 Å². The van der Waals surface area contributed by atoms with Gasteiger partial charge in [0.15, 0.2) is 0 Å². The Morgan fingerprint density at radius 2 is 1.04 bits per heavy atom. The molecule has 0 aliphatic rings. The second kappa shape index (κ2) is 5.03. The molecular formula is C25H15N. The maximum absolute atomic E-state index is 4.79. The first kappa shape index (κ1) is 13.8. The number of aromatic nitrogens is 1. The van der Waals surface area contributed by atoms with Gasteiger partial charge in [-0.05, 0) is 43.8 Å². The molecule has 5 aromatic carbocycles. The minimum atomic E-state index is 1.09. The predicted molar refractivity (Wildman–Crippen MR) is 112 cm³/mol. The third-order valence-corrected chi connectivity index (χ3v) is 5.46. The van der Waals surface area contributed by atoms with Crippen LogP contribution in [0.3, 0.4) is 0 Å². The first-order valence-corrected chi connectivity index (χ1v) is 8.91. The van der Waals surface area contributed by atoms with Gasteiger partial charge in [0.25, 0.3) is 0 Å². The zero-order valence-corrected chi connectivity index (χ0v) is 14.1. The van der Waals surface area contributed by atoms with Crippen molar-refractivity contribution in [3.63, 3.8) is 0 Å². The summed E-state index contributed by atoms with van der Waals surface area (Å²) in [6, 6.07) is 30.4. The number of benzene rings is 5. The summed E-state index contributed by atoms with van der Waals surface area (Å²) in [5.41, 5.74) is 1.09. The van der Waals surface area contributed by atoms with Crippen LogP contribution in [0.25, 0.3) is 54.0 Å². The largest absolute Gasteiger partial charge is 0.256 e. The zero-order valence-electron chi connectivity index (χ0n) is 14.1. The molecule has 6 aromatic rings. The zero-order chi connectivity index (χ0) is 17.1. The molecule has 1 heterocycles. The maximum Gasteiger partial charge on any atom is 0.0792 e. The Balaban J connectivity index is 2.06. The van der Waals surface area contributed by atoms with Crippen LogP contribution in [0.4, 0.5) is 0 Å². The molecule has 0 N–H and O–H groups in total. The summed E-state index contributed by atoms with van der Waals surface area (Å²) < 4.78 is 0. The van der Waals surface area contributed by atoms with Crippen molar-refractivity contribution < 1.29 is 0 Å². The van der Waals surface area contributed by atoms with E-state index in [1.165, 1.54) is 48.5 Å².